The predicted octanol–water partition coefficient (Wildman–Crippen LogP) is 1.86. The number of aromatic nitrogens is 1. The van der Waals surface area contributed by atoms with E-state index in [9.17, 15) is 4.79 Å². The molecule has 1 heterocycles. The molecule has 0 bridgehead atoms. The molecule has 2 rings (SSSR count). The van der Waals surface area contributed by atoms with Crippen LogP contribution in [0.25, 0.3) is 10.8 Å². The highest BCUT2D eigenvalue weighted by molar-refractivity contribution is 6.05. The van der Waals surface area contributed by atoms with Crippen molar-refractivity contribution in [1.29, 1.82) is 0 Å². The minimum atomic E-state index is -0.189. The molecule has 4 heteroatoms. The van der Waals surface area contributed by atoms with Crippen molar-refractivity contribution < 1.29 is 9.90 Å². The molecule has 0 aliphatic rings. The lowest BCUT2D eigenvalue weighted by Crippen LogP contribution is -2.34. The standard InChI is InChI=1S/C15H16N2O2/c1-2-9-17(10-11-18)15(19)14-13-6-4-3-5-12(13)7-8-16-14/h2-8,18H,1,9-11H2. The summed E-state index contributed by atoms with van der Waals surface area (Å²) in [6.07, 6.45) is 3.26. The summed E-state index contributed by atoms with van der Waals surface area (Å²) in [7, 11) is 0. The van der Waals surface area contributed by atoms with E-state index in [1.165, 1.54) is 4.90 Å². The van der Waals surface area contributed by atoms with Gasteiger partial charge in [-0.3, -0.25) is 9.78 Å². The van der Waals surface area contributed by atoms with E-state index in [1.54, 1.807) is 12.3 Å². The summed E-state index contributed by atoms with van der Waals surface area (Å²) in [5.41, 5.74) is 0.411. The molecule has 4 nitrogen and oxygen atoms in total. The third-order valence-corrected chi connectivity index (χ3v) is 2.88. The van der Waals surface area contributed by atoms with Crippen molar-refractivity contribution in [2.45, 2.75) is 0 Å². The van der Waals surface area contributed by atoms with E-state index in [0.717, 1.165) is 10.8 Å². The topological polar surface area (TPSA) is 53.4 Å². The molecule has 1 aromatic carbocycles. The Labute approximate surface area is 112 Å². The number of pyridine rings is 1. The van der Waals surface area contributed by atoms with Gasteiger partial charge in [0.1, 0.15) is 5.69 Å². The van der Waals surface area contributed by atoms with E-state index in [1.807, 2.05) is 30.3 Å². The van der Waals surface area contributed by atoms with Gasteiger partial charge in [0.2, 0.25) is 0 Å². The molecule has 0 fully saturated rings. The first-order chi connectivity index (χ1) is 9.27. The van der Waals surface area contributed by atoms with Gasteiger partial charge in [-0.25, -0.2) is 0 Å². The van der Waals surface area contributed by atoms with Crippen LogP contribution in [0.2, 0.25) is 0 Å². The Balaban J connectivity index is 2.42. The Morgan fingerprint density at radius 3 is 2.89 bits per heavy atom. The highest BCUT2D eigenvalue weighted by atomic mass is 16.3. The summed E-state index contributed by atoms with van der Waals surface area (Å²) in [5, 5.41) is 10.8. The largest absolute Gasteiger partial charge is 0.395 e. The van der Waals surface area contributed by atoms with Crippen LogP contribution in [0, 0.1) is 0 Å². The number of aliphatic hydroxyl groups excluding tert-OH is 1. The van der Waals surface area contributed by atoms with Crippen molar-refractivity contribution >= 4 is 16.7 Å². The molecule has 98 valence electrons. The van der Waals surface area contributed by atoms with Crippen molar-refractivity contribution in [3.05, 3.63) is 54.9 Å². The summed E-state index contributed by atoms with van der Waals surface area (Å²) in [6, 6.07) is 9.49. The van der Waals surface area contributed by atoms with Crippen molar-refractivity contribution in [2.24, 2.45) is 0 Å². The average Bonchev–Trinajstić information content (AvgIpc) is 2.46. The number of fused-ring (bicyclic) bond motifs is 1. The van der Waals surface area contributed by atoms with E-state index in [2.05, 4.69) is 11.6 Å². The second-order valence-corrected chi connectivity index (χ2v) is 4.14. The lowest BCUT2D eigenvalue weighted by atomic mass is 10.1. The molecule has 0 aliphatic heterocycles. The number of carbonyl (C=O) groups is 1. The number of aliphatic hydroxyl groups is 1. The number of nitrogens with zero attached hydrogens (tertiary/aromatic N) is 2. The number of hydrogen-bond acceptors (Lipinski definition) is 3. The Kier molecular flexibility index (Phi) is 4.26. The third-order valence-electron chi connectivity index (χ3n) is 2.88. The van der Waals surface area contributed by atoms with Gasteiger partial charge in [-0.15, -0.1) is 6.58 Å². The zero-order valence-electron chi connectivity index (χ0n) is 10.6. The van der Waals surface area contributed by atoms with Gasteiger partial charge in [0.15, 0.2) is 0 Å². The van der Waals surface area contributed by atoms with Gasteiger partial charge in [-0.05, 0) is 11.5 Å². The Hall–Kier alpha value is -2.20. The molecule has 0 saturated carbocycles. The van der Waals surface area contributed by atoms with Crippen LogP contribution < -0.4 is 0 Å². The molecule has 1 N–H and O–H groups in total. The summed E-state index contributed by atoms with van der Waals surface area (Å²) < 4.78 is 0. The number of carbonyl (C=O) groups excluding carboxylic acids is 1. The Bertz CT molecular complexity index is 590. The van der Waals surface area contributed by atoms with Crippen LogP contribution in [0.15, 0.2) is 49.2 Å². The fraction of sp³-hybridized carbons (Fsp3) is 0.200. The molecule has 0 saturated heterocycles. The quantitative estimate of drug-likeness (QED) is 0.831. The minimum absolute atomic E-state index is 0.0790. The van der Waals surface area contributed by atoms with E-state index in [4.69, 9.17) is 5.11 Å². The highest BCUT2D eigenvalue weighted by Crippen LogP contribution is 2.17. The number of amides is 1. The van der Waals surface area contributed by atoms with Crippen LogP contribution in [0.5, 0.6) is 0 Å². The molecule has 1 amide bonds. The van der Waals surface area contributed by atoms with Gasteiger partial charge in [-0.1, -0.05) is 30.3 Å². The summed E-state index contributed by atoms with van der Waals surface area (Å²) >= 11 is 0. The molecule has 0 radical (unpaired) electrons. The minimum Gasteiger partial charge on any atom is -0.395 e. The Morgan fingerprint density at radius 2 is 2.16 bits per heavy atom. The van der Waals surface area contributed by atoms with Crippen molar-refractivity contribution in [2.75, 3.05) is 19.7 Å². The first-order valence-electron chi connectivity index (χ1n) is 6.12. The SMILES string of the molecule is C=CCN(CCO)C(=O)c1nccc2ccccc12. The lowest BCUT2D eigenvalue weighted by molar-refractivity contribution is 0.0739. The summed E-state index contributed by atoms with van der Waals surface area (Å²) in [5.74, 6) is -0.189. The lowest BCUT2D eigenvalue weighted by Gasteiger charge is -2.20. The zero-order chi connectivity index (χ0) is 13.7. The van der Waals surface area contributed by atoms with Gasteiger partial charge in [-0.2, -0.15) is 0 Å². The van der Waals surface area contributed by atoms with E-state index in [0.29, 0.717) is 12.2 Å². The van der Waals surface area contributed by atoms with Crippen molar-refractivity contribution in [3.63, 3.8) is 0 Å². The fourth-order valence-electron chi connectivity index (χ4n) is 1.99. The molecular formula is C15H16N2O2. The van der Waals surface area contributed by atoms with Crippen LogP contribution in [0.1, 0.15) is 10.5 Å². The van der Waals surface area contributed by atoms with Crippen LogP contribution in [0.4, 0.5) is 0 Å². The molecule has 0 atom stereocenters. The smallest absolute Gasteiger partial charge is 0.273 e. The van der Waals surface area contributed by atoms with E-state index in [-0.39, 0.29) is 19.1 Å². The number of hydrogen-bond donors (Lipinski definition) is 1. The van der Waals surface area contributed by atoms with Gasteiger partial charge in [0, 0.05) is 24.7 Å². The molecule has 1 aromatic heterocycles. The van der Waals surface area contributed by atoms with Crippen LogP contribution in [-0.4, -0.2) is 40.6 Å². The van der Waals surface area contributed by atoms with Gasteiger partial charge in [0.05, 0.1) is 6.61 Å². The maximum atomic E-state index is 12.4. The third kappa shape index (κ3) is 2.80. The molecule has 19 heavy (non-hydrogen) atoms. The van der Waals surface area contributed by atoms with Crippen molar-refractivity contribution in [1.82, 2.24) is 9.88 Å². The number of benzene rings is 1. The fourth-order valence-corrected chi connectivity index (χ4v) is 1.99. The predicted molar refractivity (Wildman–Crippen MR) is 74.9 cm³/mol. The van der Waals surface area contributed by atoms with Gasteiger partial charge in [0.25, 0.3) is 5.91 Å². The van der Waals surface area contributed by atoms with Crippen LogP contribution in [0.3, 0.4) is 0 Å². The maximum absolute atomic E-state index is 12.4. The maximum Gasteiger partial charge on any atom is 0.273 e. The second-order valence-electron chi connectivity index (χ2n) is 4.14. The molecule has 0 unspecified atom stereocenters. The monoisotopic (exact) mass is 256 g/mol. The molecule has 0 spiro atoms. The normalized spacial score (nSPS) is 10.4. The second kappa shape index (κ2) is 6.11. The first kappa shape index (κ1) is 13.2. The zero-order valence-corrected chi connectivity index (χ0v) is 10.6. The first-order valence-corrected chi connectivity index (χ1v) is 6.12. The van der Waals surface area contributed by atoms with Gasteiger partial charge < -0.3 is 10.0 Å². The molecule has 2 aromatic rings. The van der Waals surface area contributed by atoms with E-state index < -0.39 is 0 Å². The average molecular weight is 256 g/mol. The molecular weight excluding hydrogens is 240 g/mol. The summed E-state index contributed by atoms with van der Waals surface area (Å²) in [4.78, 5) is 18.2. The molecule has 0 aliphatic carbocycles. The Morgan fingerprint density at radius 1 is 1.37 bits per heavy atom. The van der Waals surface area contributed by atoms with Crippen molar-refractivity contribution in [3.8, 4) is 0 Å². The van der Waals surface area contributed by atoms with Crippen LogP contribution in [-0.2, 0) is 0 Å². The van der Waals surface area contributed by atoms with Crippen LogP contribution >= 0.6 is 0 Å². The highest BCUT2D eigenvalue weighted by Gasteiger charge is 2.17. The van der Waals surface area contributed by atoms with E-state index >= 15 is 0 Å². The number of rotatable bonds is 5. The van der Waals surface area contributed by atoms with Gasteiger partial charge >= 0.3 is 0 Å². The summed E-state index contributed by atoms with van der Waals surface area (Å²) in [6.45, 7) is 4.21.